The van der Waals surface area contributed by atoms with Gasteiger partial charge in [0.25, 0.3) is 0 Å². The molecule has 0 aliphatic carbocycles. The molecule has 19 nitrogen and oxygen atoms in total. The molecule has 85 heavy (non-hydrogen) atoms. The molecule has 12 atom stereocenters. The van der Waals surface area contributed by atoms with Crippen molar-refractivity contribution in [2.75, 3.05) is 53.4 Å². The van der Waals surface area contributed by atoms with Crippen molar-refractivity contribution in [3.8, 4) is 0 Å². The summed E-state index contributed by atoms with van der Waals surface area (Å²) in [6, 6.07) is 0. The molecule has 11 heterocycles. The molecule has 19 heteroatoms. The van der Waals surface area contributed by atoms with Gasteiger partial charge in [-0.1, -0.05) is 82.2 Å². The number of aliphatic hydroxyl groups is 1. The number of hydrogen-bond donors (Lipinski definition) is 1. The Morgan fingerprint density at radius 1 is 0.471 bits per heavy atom. The van der Waals surface area contributed by atoms with E-state index in [-0.39, 0.29) is 86.1 Å². The maximum Gasteiger partial charge on any atom is 0.308 e. The number of cyclic esters (lactones) is 6. The molecule has 0 aromatic rings. The Kier molecular flexibility index (Phi) is 42.5. The first kappa shape index (κ1) is 79.9. The molecule has 0 aromatic heterocycles. The van der Waals surface area contributed by atoms with Crippen molar-refractivity contribution in [3.05, 3.63) is 49.4 Å². The Morgan fingerprint density at radius 2 is 1.02 bits per heavy atom. The van der Waals surface area contributed by atoms with E-state index in [4.69, 9.17) is 52.1 Å². The van der Waals surface area contributed by atoms with Gasteiger partial charge in [0.2, 0.25) is 0 Å². The van der Waals surface area contributed by atoms with Crippen LogP contribution in [0.2, 0.25) is 0 Å². The summed E-state index contributed by atoms with van der Waals surface area (Å²) in [6.45, 7) is 41.9. The topological polar surface area (TPSA) is 233 Å². The van der Waals surface area contributed by atoms with Crippen LogP contribution in [0.3, 0.4) is 0 Å². The summed E-state index contributed by atoms with van der Waals surface area (Å²) in [6.07, 6.45) is 18.6. The summed E-state index contributed by atoms with van der Waals surface area (Å²) in [5.41, 5.74) is -0.811. The molecule has 11 rings (SSSR count). The highest BCUT2D eigenvalue weighted by atomic mass is 16.7. The van der Waals surface area contributed by atoms with Gasteiger partial charge in [-0.25, -0.2) is 0 Å². The van der Waals surface area contributed by atoms with Gasteiger partial charge >= 0.3 is 35.8 Å². The molecule has 1 N–H and O–H groups in total. The molecule has 492 valence electrons. The van der Waals surface area contributed by atoms with Crippen molar-refractivity contribution in [1.29, 1.82) is 0 Å². The number of allylic oxidation sites excluding steroid dienone is 2. The number of carbonyl (C=O) groups excluding carboxylic acids is 6. The molecule has 0 bridgehead atoms. The van der Waals surface area contributed by atoms with Crippen LogP contribution < -0.4 is 0 Å². The fraction of sp³-hybridized carbons (Fsp3) is 0.788. The van der Waals surface area contributed by atoms with Crippen LogP contribution in [-0.4, -0.2) is 131 Å². The summed E-state index contributed by atoms with van der Waals surface area (Å²) in [5, 5.41) is 9.72. The van der Waals surface area contributed by atoms with Gasteiger partial charge in [0.15, 0.2) is 6.29 Å². The molecule has 11 aliphatic heterocycles. The minimum absolute atomic E-state index is 0. The molecular weight excluding hydrogens is 1100 g/mol. The number of hydrogen-bond acceptors (Lipinski definition) is 19. The molecule has 11 aliphatic rings. The highest BCUT2D eigenvalue weighted by molar-refractivity contribution is 5.74. The van der Waals surface area contributed by atoms with Gasteiger partial charge in [-0.15, -0.1) is 0 Å². The highest BCUT2D eigenvalue weighted by Crippen LogP contribution is 2.28. The van der Waals surface area contributed by atoms with Crippen LogP contribution >= 0.6 is 0 Å². The van der Waals surface area contributed by atoms with E-state index < -0.39 is 5.60 Å². The Labute approximate surface area is 511 Å². The average Bonchev–Trinajstić information content (AvgIpc) is 4.39. The molecular formula is C66H114O19. The summed E-state index contributed by atoms with van der Waals surface area (Å²) in [7, 11) is 1.69. The van der Waals surface area contributed by atoms with E-state index in [0.29, 0.717) is 75.8 Å². The second kappa shape index (κ2) is 45.2. The zero-order chi connectivity index (χ0) is 63.2. The summed E-state index contributed by atoms with van der Waals surface area (Å²) < 4.78 is 58.8. The largest absolute Gasteiger partial charge is 0.499 e. The first-order valence-electron chi connectivity index (χ1n) is 30.8. The van der Waals surface area contributed by atoms with Crippen molar-refractivity contribution in [2.45, 2.75) is 248 Å². The number of ether oxygens (including phenoxy) is 12. The van der Waals surface area contributed by atoms with Crippen molar-refractivity contribution >= 4 is 35.8 Å². The fourth-order valence-electron chi connectivity index (χ4n) is 8.75. The van der Waals surface area contributed by atoms with Crippen molar-refractivity contribution in [1.82, 2.24) is 0 Å². The molecule has 11 fully saturated rings. The van der Waals surface area contributed by atoms with Crippen LogP contribution in [0, 0.1) is 35.5 Å². The van der Waals surface area contributed by atoms with Crippen molar-refractivity contribution in [3.63, 3.8) is 0 Å². The van der Waals surface area contributed by atoms with Crippen LogP contribution in [0.5, 0.6) is 0 Å². The Bertz CT molecular complexity index is 1910. The monoisotopic (exact) mass is 1210 g/mol. The quantitative estimate of drug-likeness (QED) is 0.200. The lowest BCUT2D eigenvalue weighted by atomic mass is 9.88. The minimum atomic E-state index is -0.811. The van der Waals surface area contributed by atoms with Crippen LogP contribution in [0.4, 0.5) is 0 Å². The van der Waals surface area contributed by atoms with E-state index in [2.05, 4.69) is 58.7 Å². The summed E-state index contributed by atoms with van der Waals surface area (Å²) >= 11 is 0. The van der Waals surface area contributed by atoms with Crippen molar-refractivity contribution in [2.24, 2.45) is 35.5 Å². The third kappa shape index (κ3) is 40.0. The van der Waals surface area contributed by atoms with Gasteiger partial charge in [-0.05, 0) is 122 Å². The third-order valence-corrected chi connectivity index (χ3v) is 14.5. The number of carbonyl (C=O) groups is 6. The van der Waals surface area contributed by atoms with E-state index in [9.17, 15) is 33.9 Å². The summed E-state index contributed by atoms with van der Waals surface area (Å²) in [5.74, 6) is 6.28. The number of methoxy groups -OCH3 is 1. The van der Waals surface area contributed by atoms with Gasteiger partial charge in [0.05, 0.1) is 98.7 Å². The van der Waals surface area contributed by atoms with E-state index >= 15 is 0 Å². The van der Waals surface area contributed by atoms with Gasteiger partial charge < -0.3 is 61.9 Å². The van der Waals surface area contributed by atoms with Crippen LogP contribution in [0.25, 0.3) is 0 Å². The predicted molar refractivity (Wildman–Crippen MR) is 326 cm³/mol. The van der Waals surface area contributed by atoms with E-state index in [1.165, 1.54) is 19.3 Å². The molecule has 0 aromatic carbocycles. The van der Waals surface area contributed by atoms with Crippen LogP contribution in [0.15, 0.2) is 49.4 Å². The average molecular weight is 1210 g/mol. The maximum atomic E-state index is 10.9. The zero-order valence-electron chi connectivity index (χ0n) is 53.6. The molecule has 0 amide bonds. The normalized spacial score (nSPS) is 31.0. The van der Waals surface area contributed by atoms with E-state index in [0.717, 1.165) is 126 Å². The minimum Gasteiger partial charge on any atom is -0.499 e. The first-order valence-corrected chi connectivity index (χ1v) is 30.8. The standard InChI is InChI=1S/C8H14O3.C7H12O.C6H10O2.C6H12O2.2C6H10O2.C6H10O.2C5H8O2.2C5H8O.CH4/c1-3-8(10)4-6(2)11-7(9)5-8;1-6-3-4-8-7(2)5-6;1-5-2-3-6(7)8-4-5;1-7-6-4-2-3-5-8-6;1-5-3-2-4-8-6(5)7;1-5-3-2-4-6(7)8-5;1-5-3-6(2)7-4-5;1-4-2-3-7-5(4)6;1-4-2-3-5(6)7-4;1-4-3-6-5(4)2;1-4-3-5(2)6-4;/h6,10H,3-5H2,1-2H3;6H,2-5H2,1H3;5H,2-4H2,1H3;6H,2-5H2,1H3;2*5H,2-4H2,1H3;5H,2-4H2,1H3;2*4H,2-3H2,1H3;4H,2-3H2,1H3;5H,1,3H2,2H3;1H4. The highest BCUT2D eigenvalue weighted by Gasteiger charge is 2.36. The molecule has 0 radical (unpaired) electrons. The molecule has 0 saturated carbocycles. The molecule has 0 spiro atoms. The number of rotatable bonds is 2. The van der Waals surface area contributed by atoms with Crippen molar-refractivity contribution < 1.29 is 90.7 Å². The third-order valence-electron chi connectivity index (χ3n) is 14.5. The lowest BCUT2D eigenvalue weighted by Gasteiger charge is -2.33. The predicted octanol–water partition coefficient (Wildman–Crippen LogP) is 12.9. The SMILES string of the molecule is C.C=C1CC(C)CCO1.C=C1CC(C)CO1.C=C1CC(C)O1.C=C1OCC1C.CC1CCC(=O)O1.CC1CCC(=O)OC1.CC1CCCC(=O)O1.CC1CCCOC1=O.CC1CCOC1=O.CCC1(O)CC(=O)OC(C)C1.COC1CCCCO1. The van der Waals surface area contributed by atoms with Gasteiger partial charge in [0, 0.05) is 64.6 Å². The number of esters is 6. The van der Waals surface area contributed by atoms with Gasteiger partial charge in [-0.2, -0.15) is 0 Å². The second-order valence-corrected chi connectivity index (χ2v) is 23.7. The molecule has 11 saturated heterocycles. The maximum absolute atomic E-state index is 10.9. The lowest BCUT2D eigenvalue weighted by Crippen LogP contribution is -2.41. The first-order chi connectivity index (χ1) is 39.6. The Morgan fingerprint density at radius 3 is 1.29 bits per heavy atom. The molecule has 12 unspecified atom stereocenters. The van der Waals surface area contributed by atoms with E-state index in [1.54, 1.807) is 14.0 Å². The Balaban J connectivity index is 0.000000915. The van der Waals surface area contributed by atoms with Gasteiger partial charge in [0.1, 0.15) is 12.2 Å². The fourth-order valence-corrected chi connectivity index (χ4v) is 8.75. The van der Waals surface area contributed by atoms with Gasteiger partial charge in [-0.3, -0.25) is 28.8 Å². The van der Waals surface area contributed by atoms with Crippen LogP contribution in [0.1, 0.15) is 212 Å². The van der Waals surface area contributed by atoms with E-state index in [1.807, 2.05) is 41.5 Å². The smallest absolute Gasteiger partial charge is 0.308 e. The van der Waals surface area contributed by atoms with Crippen LogP contribution in [-0.2, 0) is 85.6 Å². The second-order valence-electron chi connectivity index (χ2n) is 23.7. The Hall–Kier alpha value is -5.14. The zero-order valence-corrected chi connectivity index (χ0v) is 53.6. The lowest BCUT2D eigenvalue weighted by molar-refractivity contribution is -0.168. The summed E-state index contributed by atoms with van der Waals surface area (Å²) in [4.78, 5) is 62.9.